The SMILES string of the molecule is CC1Cc2c(ncnc2Oc2ccc3c(ccn3C(=O)Nc3cc(C(C)C)on3)c2)CN1. The van der Waals surface area contributed by atoms with Gasteiger partial charge in [0.2, 0.25) is 5.88 Å². The highest BCUT2D eigenvalue weighted by molar-refractivity contribution is 5.98. The van der Waals surface area contributed by atoms with Gasteiger partial charge in [-0.2, -0.15) is 0 Å². The summed E-state index contributed by atoms with van der Waals surface area (Å²) in [6, 6.07) is 9.20. The van der Waals surface area contributed by atoms with Crippen molar-refractivity contribution in [1.82, 2.24) is 25.0 Å². The molecule has 1 aromatic carbocycles. The average molecular weight is 432 g/mol. The molecule has 1 atom stereocenters. The Morgan fingerprint density at radius 2 is 2.16 bits per heavy atom. The van der Waals surface area contributed by atoms with Gasteiger partial charge >= 0.3 is 6.03 Å². The Hall–Kier alpha value is -3.72. The topological polar surface area (TPSA) is 107 Å². The van der Waals surface area contributed by atoms with E-state index >= 15 is 0 Å². The minimum Gasteiger partial charge on any atom is -0.439 e. The van der Waals surface area contributed by atoms with Crippen LogP contribution < -0.4 is 15.4 Å². The molecule has 4 aromatic rings. The van der Waals surface area contributed by atoms with E-state index < -0.39 is 0 Å². The number of anilines is 1. The second-order valence-corrected chi connectivity index (χ2v) is 8.30. The molecule has 0 aliphatic carbocycles. The molecule has 0 saturated heterocycles. The number of hydrogen-bond donors (Lipinski definition) is 2. The van der Waals surface area contributed by atoms with E-state index in [1.807, 2.05) is 38.1 Å². The zero-order chi connectivity index (χ0) is 22.2. The molecular formula is C23H24N6O3. The van der Waals surface area contributed by atoms with E-state index in [1.165, 1.54) is 10.9 Å². The van der Waals surface area contributed by atoms with Crippen molar-refractivity contribution in [2.45, 2.75) is 45.7 Å². The summed E-state index contributed by atoms with van der Waals surface area (Å²) in [5, 5.41) is 10.9. The smallest absolute Gasteiger partial charge is 0.331 e. The fourth-order valence-corrected chi connectivity index (χ4v) is 3.79. The summed E-state index contributed by atoms with van der Waals surface area (Å²) in [6.07, 6.45) is 4.05. The molecule has 0 radical (unpaired) electrons. The maximum Gasteiger partial charge on any atom is 0.331 e. The predicted molar refractivity (Wildman–Crippen MR) is 119 cm³/mol. The highest BCUT2D eigenvalue weighted by Gasteiger charge is 2.21. The summed E-state index contributed by atoms with van der Waals surface area (Å²) in [7, 11) is 0. The van der Waals surface area contributed by atoms with Crippen molar-refractivity contribution in [3.8, 4) is 11.6 Å². The molecule has 4 heterocycles. The van der Waals surface area contributed by atoms with Gasteiger partial charge in [0.15, 0.2) is 5.82 Å². The van der Waals surface area contributed by atoms with Crippen molar-refractivity contribution >= 4 is 22.8 Å². The molecule has 3 aromatic heterocycles. The minimum absolute atomic E-state index is 0.193. The highest BCUT2D eigenvalue weighted by atomic mass is 16.5. The van der Waals surface area contributed by atoms with E-state index in [2.05, 4.69) is 32.7 Å². The predicted octanol–water partition coefficient (Wildman–Crippen LogP) is 4.45. The van der Waals surface area contributed by atoms with Crippen LogP contribution in [-0.2, 0) is 13.0 Å². The van der Waals surface area contributed by atoms with Gasteiger partial charge < -0.3 is 14.6 Å². The van der Waals surface area contributed by atoms with Gasteiger partial charge in [-0.3, -0.25) is 9.88 Å². The van der Waals surface area contributed by atoms with Gasteiger partial charge in [0.25, 0.3) is 0 Å². The molecule has 1 unspecified atom stereocenters. The highest BCUT2D eigenvalue weighted by Crippen LogP contribution is 2.30. The van der Waals surface area contributed by atoms with Crippen LogP contribution in [0.25, 0.3) is 10.9 Å². The number of fused-ring (bicyclic) bond motifs is 2. The number of amides is 1. The van der Waals surface area contributed by atoms with E-state index in [-0.39, 0.29) is 11.9 Å². The van der Waals surface area contributed by atoms with Gasteiger partial charge in [-0.15, -0.1) is 0 Å². The summed E-state index contributed by atoms with van der Waals surface area (Å²) in [4.78, 5) is 21.5. The quantitative estimate of drug-likeness (QED) is 0.491. The lowest BCUT2D eigenvalue weighted by Crippen LogP contribution is -2.33. The van der Waals surface area contributed by atoms with Crippen molar-refractivity contribution in [2.75, 3.05) is 5.32 Å². The van der Waals surface area contributed by atoms with Crippen molar-refractivity contribution in [3.63, 3.8) is 0 Å². The van der Waals surface area contributed by atoms with E-state index in [4.69, 9.17) is 9.26 Å². The summed E-state index contributed by atoms with van der Waals surface area (Å²) < 4.78 is 12.9. The van der Waals surface area contributed by atoms with Gasteiger partial charge in [0, 0.05) is 41.7 Å². The number of hydrogen-bond acceptors (Lipinski definition) is 7. The van der Waals surface area contributed by atoms with Crippen LogP contribution in [0.15, 0.2) is 47.4 Å². The monoisotopic (exact) mass is 432 g/mol. The van der Waals surface area contributed by atoms with Gasteiger partial charge in [-0.25, -0.2) is 14.8 Å². The third-order valence-electron chi connectivity index (χ3n) is 5.55. The zero-order valence-electron chi connectivity index (χ0n) is 18.1. The van der Waals surface area contributed by atoms with E-state index in [9.17, 15) is 4.79 Å². The normalized spacial score (nSPS) is 15.7. The first kappa shape index (κ1) is 20.2. The summed E-state index contributed by atoms with van der Waals surface area (Å²) in [5.74, 6) is 2.53. The van der Waals surface area contributed by atoms with Crippen LogP contribution in [0.2, 0.25) is 0 Å². The van der Waals surface area contributed by atoms with Crippen molar-refractivity contribution < 1.29 is 14.1 Å². The lowest BCUT2D eigenvalue weighted by molar-refractivity contribution is 0.254. The number of carbonyl (C=O) groups is 1. The number of nitrogens with one attached hydrogen (secondary N) is 2. The molecule has 0 bridgehead atoms. The molecule has 2 N–H and O–H groups in total. The summed E-state index contributed by atoms with van der Waals surface area (Å²) >= 11 is 0. The van der Waals surface area contributed by atoms with Gasteiger partial charge in [-0.05, 0) is 37.6 Å². The first-order valence-electron chi connectivity index (χ1n) is 10.6. The fourth-order valence-electron chi connectivity index (χ4n) is 3.79. The molecular weight excluding hydrogens is 408 g/mol. The summed E-state index contributed by atoms with van der Waals surface area (Å²) in [5.41, 5.74) is 2.75. The zero-order valence-corrected chi connectivity index (χ0v) is 18.1. The Morgan fingerprint density at radius 1 is 1.28 bits per heavy atom. The molecule has 9 heteroatoms. The number of ether oxygens (including phenoxy) is 1. The van der Waals surface area contributed by atoms with Crippen molar-refractivity contribution in [3.05, 3.63) is 59.9 Å². The Morgan fingerprint density at radius 3 is 2.97 bits per heavy atom. The lowest BCUT2D eigenvalue weighted by atomic mass is 10.0. The fraction of sp³-hybridized carbons (Fsp3) is 0.304. The Labute approximate surface area is 184 Å². The number of aromatic nitrogens is 4. The van der Waals surface area contributed by atoms with Crippen LogP contribution >= 0.6 is 0 Å². The van der Waals surface area contributed by atoms with Crippen LogP contribution in [0.1, 0.15) is 43.7 Å². The van der Waals surface area contributed by atoms with Crippen molar-refractivity contribution in [1.29, 1.82) is 0 Å². The molecule has 0 spiro atoms. The van der Waals surface area contributed by atoms with Gasteiger partial charge in [0.05, 0.1) is 11.2 Å². The minimum atomic E-state index is -0.316. The third kappa shape index (κ3) is 3.82. The third-order valence-corrected chi connectivity index (χ3v) is 5.55. The first-order chi connectivity index (χ1) is 15.5. The Balaban J connectivity index is 1.37. The molecule has 9 nitrogen and oxygen atoms in total. The molecule has 0 saturated carbocycles. The molecule has 1 aliphatic rings. The second kappa shape index (κ2) is 8.08. The molecule has 5 rings (SSSR count). The van der Waals surface area contributed by atoms with Crippen LogP contribution in [0.3, 0.4) is 0 Å². The molecule has 164 valence electrons. The number of nitrogens with zero attached hydrogens (tertiary/aromatic N) is 4. The van der Waals surface area contributed by atoms with Crippen LogP contribution in [0.5, 0.6) is 11.6 Å². The standard InChI is InChI=1S/C23H24N6O3/c1-13(2)20-10-21(28-32-20)27-23(30)29-7-6-15-9-16(4-5-19(15)29)31-22-17-8-14(3)24-11-18(17)25-12-26-22/h4-7,9-10,12-14,24H,8,11H2,1-3H3,(H,27,28,30). The average Bonchev–Trinajstić information content (AvgIpc) is 3.41. The largest absolute Gasteiger partial charge is 0.439 e. The van der Waals surface area contributed by atoms with E-state index in [0.717, 1.165) is 34.3 Å². The molecule has 32 heavy (non-hydrogen) atoms. The Bertz CT molecular complexity index is 1290. The maximum absolute atomic E-state index is 12.8. The number of rotatable bonds is 4. The summed E-state index contributed by atoms with van der Waals surface area (Å²) in [6.45, 7) is 6.83. The number of benzene rings is 1. The van der Waals surface area contributed by atoms with Crippen LogP contribution in [0.4, 0.5) is 10.6 Å². The van der Waals surface area contributed by atoms with Gasteiger partial charge in [0.1, 0.15) is 17.8 Å². The maximum atomic E-state index is 12.8. The number of carbonyl (C=O) groups excluding carboxylic acids is 1. The van der Waals surface area contributed by atoms with Crippen LogP contribution in [0, 0.1) is 0 Å². The second-order valence-electron chi connectivity index (χ2n) is 8.30. The van der Waals surface area contributed by atoms with E-state index in [1.54, 1.807) is 12.3 Å². The van der Waals surface area contributed by atoms with Crippen LogP contribution in [-0.4, -0.2) is 31.8 Å². The van der Waals surface area contributed by atoms with Gasteiger partial charge in [-0.1, -0.05) is 19.0 Å². The van der Waals surface area contributed by atoms with E-state index in [0.29, 0.717) is 30.0 Å². The molecule has 0 fully saturated rings. The Kier molecular flexibility index (Phi) is 5.10. The van der Waals surface area contributed by atoms with Crippen molar-refractivity contribution in [2.24, 2.45) is 0 Å². The molecule has 1 amide bonds. The lowest BCUT2D eigenvalue weighted by Gasteiger charge is -2.23. The first-order valence-corrected chi connectivity index (χ1v) is 10.6. The molecule has 1 aliphatic heterocycles.